The number of methoxy groups -OCH3 is 2. The Morgan fingerprint density at radius 3 is 1.32 bits per heavy atom. The van der Waals surface area contributed by atoms with Crippen LogP contribution in [0.25, 0.3) is 54.6 Å². The third-order valence-corrected chi connectivity index (χ3v) is 7.04. The third kappa shape index (κ3) is 3.03. The van der Waals surface area contributed by atoms with E-state index in [1.807, 2.05) is 24.3 Å². The zero-order valence-electron chi connectivity index (χ0n) is 19.9. The maximum Gasteiger partial charge on any atom is 0.118 e. The summed E-state index contributed by atoms with van der Waals surface area (Å²) >= 11 is 0. The average Bonchev–Trinajstić information content (AvgIpc) is 2.88. The molecule has 0 aliphatic carbocycles. The second-order valence-corrected chi connectivity index (χ2v) is 9.02. The van der Waals surface area contributed by atoms with Gasteiger partial charge >= 0.3 is 0 Å². The molecule has 0 saturated carbocycles. The van der Waals surface area contributed by atoms with Gasteiger partial charge in [0.25, 0.3) is 0 Å². The smallest absolute Gasteiger partial charge is 0.118 e. The molecule has 6 aromatic carbocycles. The molecule has 0 N–H and O–H groups in total. The molecule has 0 atom stereocenters. The molecule has 0 fully saturated rings. The summed E-state index contributed by atoms with van der Waals surface area (Å²) < 4.78 is 10.8. The molecule has 6 aromatic rings. The monoisotopic (exact) mass is 442 g/mol. The highest BCUT2D eigenvalue weighted by Gasteiger charge is 2.19. The lowest BCUT2D eigenvalue weighted by atomic mass is 9.82. The van der Waals surface area contributed by atoms with E-state index in [9.17, 15) is 0 Å². The van der Waals surface area contributed by atoms with Gasteiger partial charge in [0, 0.05) is 0 Å². The van der Waals surface area contributed by atoms with Crippen LogP contribution in [0.3, 0.4) is 0 Å². The Kier molecular flexibility index (Phi) is 4.70. The quantitative estimate of drug-likeness (QED) is 0.255. The first-order valence-corrected chi connectivity index (χ1v) is 11.6. The highest BCUT2D eigenvalue weighted by atomic mass is 16.5. The van der Waals surface area contributed by atoms with Crippen molar-refractivity contribution in [1.82, 2.24) is 0 Å². The summed E-state index contributed by atoms with van der Waals surface area (Å²) in [5.41, 5.74) is 7.52. The summed E-state index contributed by atoms with van der Waals surface area (Å²) in [6.07, 6.45) is 0. The molecule has 0 heterocycles. The Morgan fingerprint density at radius 1 is 0.471 bits per heavy atom. The van der Waals surface area contributed by atoms with Crippen molar-refractivity contribution < 1.29 is 9.47 Å². The van der Waals surface area contributed by atoms with E-state index in [4.69, 9.17) is 9.47 Å². The van der Waals surface area contributed by atoms with Crippen LogP contribution in [0.2, 0.25) is 0 Å². The predicted octanol–water partition coefficient (Wildman–Crippen LogP) is 8.55. The summed E-state index contributed by atoms with van der Waals surface area (Å²) in [5, 5.41) is 7.88. The van der Waals surface area contributed by atoms with Crippen molar-refractivity contribution in [3.05, 3.63) is 96.1 Å². The van der Waals surface area contributed by atoms with Crippen LogP contribution in [0.1, 0.15) is 11.1 Å². The SMILES string of the molecule is COc1ccc(-c2cc3cccc4cc(-c5ccc(OC)cc5)c5c(C)cc(C)c2c5c34)cc1. The van der Waals surface area contributed by atoms with Crippen LogP contribution in [0.15, 0.2) is 84.9 Å². The highest BCUT2D eigenvalue weighted by Crippen LogP contribution is 2.46. The van der Waals surface area contributed by atoms with Crippen molar-refractivity contribution in [3.63, 3.8) is 0 Å². The fourth-order valence-corrected chi connectivity index (χ4v) is 5.50. The van der Waals surface area contributed by atoms with Crippen LogP contribution < -0.4 is 9.47 Å². The molecule has 0 aliphatic heterocycles. The van der Waals surface area contributed by atoms with Gasteiger partial charge in [-0.3, -0.25) is 0 Å². The number of hydrogen-bond acceptors (Lipinski definition) is 2. The predicted molar refractivity (Wildman–Crippen MR) is 144 cm³/mol. The van der Waals surface area contributed by atoms with Gasteiger partial charge in [-0.05, 0) is 116 Å². The van der Waals surface area contributed by atoms with Crippen molar-refractivity contribution in [2.75, 3.05) is 14.2 Å². The molecular formula is C32H26O2. The molecule has 0 radical (unpaired) electrons. The van der Waals surface area contributed by atoms with Crippen LogP contribution >= 0.6 is 0 Å². The van der Waals surface area contributed by atoms with Gasteiger partial charge < -0.3 is 9.47 Å². The van der Waals surface area contributed by atoms with Crippen LogP contribution in [0.4, 0.5) is 0 Å². The van der Waals surface area contributed by atoms with E-state index in [-0.39, 0.29) is 0 Å². The molecule has 0 amide bonds. The van der Waals surface area contributed by atoms with Gasteiger partial charge in [-0.2, -0.15) is 0 Å². The lowest BCUT2D eigenvalue weighted by Gasteiger charge is -2.21. The maximum absolute atomic E-state index is 5.41. The number of ether oxygens (including phenoxy) is 2. The third-order valence-electron chi connectivity index (χ3n) is 7.04. The molecule has 0 aromatic heterocycles. The van der Waals surface area contributed by atoms with Crippen LogP contribution in [0.5, 0.6) is 11.5 Å². The summed E-state index contributed by atoms with van der Waals surface area (Å²) in [6, 6.07) is 30.5. The molecule has 0 unspecified atom stereocenters. The Bertz CT molecular complexity index is 1540. The first-order valence-electron chi connectivity index (χ1n) is 11.6. The zero-order chi connectivity index (χ0) is 23.4. The number of aryl methyl sites for hydroxylation is 2. The van der Waals surface area contributed by atoms with Gasteiger partial charge in [0.15, 0.2) is 0 Å². The number of rotatable bonds is 4. The first-order chi connectivity index (χ1) is 16.6. The lowest BCUT2D eigenvalue weighted by Crippen LogP contribution is -1.95. The maximum atomic E-state index is 5.41. The van der Waals surface area contributed by atoms with Gasteiger partial charge in [0.2, 0.25) is 0 Å². The largest absolute Gasteiger partial charge is 0.497 e. The van der Waals surface area contributed by atoms with E-state index in [2.05, 4.69) is 74.5 Å². The van der Waals surface area contributed by atoms with Gasteiger partial charge in [-0.15, -0.1) is 0 Å². The fraction of sp³-hybridized carbons (Fsp3) is 0.125. The van der Waals surface area contributed by atoms with E-state index in [1.54, 1.807) is 14.2 Å². The summed E-state index contributed by atoms with van der Waals surface area (Å²) in [5.74, 6) is 1.74. The molecular weight excluding hydrogens is 416 g/mol. The first kappa shape index (κ1) is 20.6. The molecule has 0 bridgehead atoms. The second kappa shape index (κ2) is 7.78. The Morgan fingerprint density at radius 2 is 0.912 bits per heavy atom. The molecule has 166 valence electrons. The van der Waals surface area contributed by atoms with E-state index < -0.39 is 0 Å². The standard InChI is InChI=1S/C32H26O2/c1-19-16-20(2)30-28(22-10-14-26(34-4)15-11-22)18-24-7-5-6-23-17-27(29(19)32(30)31(23)24)21-8-12-25(33-3)13-9-21/h5-18H,1-4H3. The Labute approximate surface area is 199 Å². The zero-order valence-corrected chi connectivity index (χ0v) is 19.9. The fourth-order valence-electron chi connectivity index (χ4n) is 5.50. The lowest BCUT2D eigenvalue weighted by molar-refractivity contribution is 0.415. The second-order valence-electron chi connectivity index (χ2n) is 9.02. The van der Waals surface area contributed by atoms with E-state index in [0.717, 1.165) is 11.5 Å². The van der Waals surface area contributed by atoms with Gasteiger partial charge in [-0.1, -0.05) is 48.5 Å². The number of hydrogen-bond donors (Lipinski definition) is 0. The minimum Gasteiger partial charge on any atom is -0.497 e. The molecule has 0 aliphatic rings. The summed E-state index contributed by atoms with van der Waals surface area (Å²) in [7, 11) is 3.42. The molecule has 6 rings (SSSR count). The van der Waals surface area contributed by atoms with Crippen LogP contribution in [-0.2, 0) is 0 Å². The van der Waals surface area contributed by atoms with Gasteiger partial charge in [0.1, 0.15) is 11.5 Å². The highest BCUT2D eigenvalue weighted by molar-refractivity contribution is 6.30. The topological polar surface area (TPSA) is 18.5 Å². The molecule has 0 saturated heterocycles. The van der Waals surface area contributed by atoms with Crippen LogP contribution in [0, 0.1) is 13.8 Å². The van der Waals surface area contributed by atoms with Crippen molar-refractivity contribution in [1.29, 1.82) is 0 Å². The van der Waals surface area contributed by atoms with Crippen molar-refractivity contribution >= 4 is 32.3 Å². The minimum atomic E-state index is 0.871. The minimum absolute atomic E-state index is 0.871. The van der Waals surface area contributed by atoms with Gasteiger partial charge in [-0.25, -0.2) is 0 Å². The van der Waals surface area contributed by atoms with Gasteiger partial charge in [0.05, 0.1) is 14.2 Å². The van der Waals surface area contributed by atoms with Crippen molar-refractivity contribution in [3.8, 4) is 33.8 Å². The average molecular weight is 443 g/mol. The molecule has 2 heteroatoms. The normalized spacial score (nSPS) is 11.5. The molecule has 34 heavy (non-hydrogen) atoms. The summed E-state index contributed by atoms with van der Waals surface area (Å²) in [6.45, 7) is 4.47. The Balaban J connectivity index is 1.78. The van der Waals surface area contributed by atoms with E-state index in [1.165, 1.54) is 65.7 Å². The number of benzene rings is 6. The van der Waals surface area contributed by atoms with E-state index in [0.29, 0.717) is 0 Å². The molecule has 0 spiro atoms. The van der Waals surface area contributed by atoms with Crippen LogP contribution in [-0.4, -0.2) is 14.2 Å². The summed E-state index contributed by atoms with van der Waals surface area (Å²) in [4.78, 5) is 0. The van der Waals surface area contributed by atoms with Crippen molar-refractivity contribution in [2.24, 2.45) is 0 Å². The molecule has 2 nitrogen and oxygen atoms in total. The van der Waals surface area contributed by atoms with Crippen molar-refractivity contribution in [2.45, 2.75) is 13.8 Å². The van der Waals surface area contributed by atoms with E-state index >= 15 is 0 Å². The Hall–Kier alpha value is -4.04.